The van der Waals surface area contributed by atoms with Crippen molar-refractivity contribution < 1.29 is 4.79 Å². The number of carbonyl (C=O) groups excluding carboxylic acids is 1. The molecular formula is C16H16N2OS2. The minimum absolute atomic E-state index is 0.175. The number of thioether (sulfide) groups is 1. The van der Waals surface area contributed by atoms with E-state index in [9.17, 15) is 4.79 Å². The maximum absolute atomic E-state index is 12.3. The van der Waals surface area contributed by atoms with Crippen molar-refractivity contribution in [2.75, 3.05) is 11.6 Å². The number of nitrogens with one attached hydrogen (secondary N) is 1. The molecular weight excluding hydrogens is 300 g/mol. The Kier molecular flexibility index (Phi) is 4.98. The average Bonchev–Trinajstić information content (AvgIpc) is 2.47. The van der Waals surface area contributed by atoms with Crippen molar-refractivity contribution in [3.8, 4) is 0 Å². The third kappa shape index (κ3) is 3.62. The van der Waals surface area contributed by atoms with Crippen LogP contribution in [0.25, 0.3) is 0 Å². The molecule has 21 heavy (non-hydrogen) atoms. The zero-order valence-electron chi connectivity index (χ0n) is 11.8. The van der Waals surface area contributed by atoms with E-state index in [0.29, 0.717) is 16.8 Å². The summed E-state index contributed by atoms with van der Waals surface area (Å²) >= 11 is 6.70. The highest BCUT2D eigenvalue weighted by Crippen LogP contribution is 2.21. The maximum Gasteiger partial charge on any atom is 0.255 e. The molecule has 0 radical (unpaired) electrons. The van der Waals surface area contributed by atoms with E-state index >= 15 is 0 Å². The van der Waals surface area contributed by atoms with Crippen LogP contribution < -0.4 is 11.1 Å². The number of anilines is 1. The fourth-order valence-electron chi connectivity index (χ4n) is 2.04. The van der Waals surface area contributed by atoms with Gasteiger partial charge in [0, 0.05) is 16.0 Å². The molecule has 0 atom stereocenters. The lowest BCUT2D eigenvalue weighted by atomic mass is 10.1. The molecule has 0 heterocycles. The van der Waals surface area contributed by atoms with Crippen molar-refractivity contribution in [1.82, 2.24) is 0 Å². The minimum atomic E-state index is -0.175. The summed E-state index contributed by atoms with van der Waals surface area (Å²) in [4.78, 5) is 13.7. The van der Waals surface area contributed by atoms with E-state index in [4.69, 9.17) is 18.0 Å². The number of benzene rings is 2. The zero-order valence-corrected chi connectivity index (χ0v) is 13.5. The first-order valence-electron chi connectivity index (χ1n) is 6.37. The smallest absolute Gasteiger partial charge is 0.255 e. The first kappa shape index (κ1) is 15.5. The SMILES string of the molecule is CSc1ccc(C(=O)Nc2cccc(C)c2C(N)=S)cc1. The lowest BCUT2D eigenvalue weighted by Crippen LogP contribution is -2.18. The van der Waals surface area contributed by atoms with Gasteiger partial charge in [-0.05, 0) is 49.1 Å². The summed E-state index contributed by atoms with van der Waals surface area (Å²) in [7, 11) is 0. The molecule has 5 heteroatoms. The van der Waals surface area contributed by atoms with E-state index in [0.717, 1.165) is 10.5 Å². The molecule has 0 bridgehead atoms. The summed E-state index contributed by atoms with van der Waals surface area (Å²) in [5.41, 5.74) is 8.64. The summed E-state index contributed by atoms with van der Waals surface area (Å²) in [5.74, 6) is -0.175. The van der Waals surface area contributed by atoms with Gasteiger partial charge in [0.05, 0.1) is 5.69 Å². The molecule has 0 unspecified atom stereocenters. The highest BCUT2D eigenvalue weighted by atomic mass is 32.2. The van der Waals surface area contributed by atoms with Gasteiger partial charge >= 0.3 is 0 Å². The van der Waals surface area contributed by atoms with Gasteiger partial charge in [-0.2, -0.15) is 0 Å². The summed E-state index contributed by atoms with van der Waals surface area (Å²) in [5, 5.41) is 2.87. The first-order chi connectivity index (χ1) is 10.0. The van der Waals surface area contributed by atoms with Crippen LogP contribution in [-0.2, 0) is 0 Å². The Hall–Kier alpha value is -1.85. The molecule has 1 amide bonds. The number of aryl methyl sites for hydroxylation is 1. The predicted octanol–water partition coefficient (Wildman–Crippen LogP) is 3.60. The van der Waals surface area contributed by atoms with Crippen molar-refractivity contribution >= 4 is 40.6 Å². The number of hydrogen-bond acceptors (Lipinski definition) is 3. The van der Waals surface area contributed by atoms with Gasteiger partial charge in [0.15, 0.2) is 0 Å². The molecule has 2 aromatic carbocycles. The van der Waals surface area contributed by atoms with Gasteiger partial charge in [-0.15, -0.1) is 11.8 Å². The molecule has 0 saturated carbocycles. The Balaban J connectivity index is 2.27. The van der Waals surface area contributed by atoms with Crippen molar-refractivity contribution in [1.29, 1.82) is 0 Å². The van der Waals surface area contributed by atoms with E-state index in [1.54, 1.807) is 30.0 Å². The Morgan fingerprint density at radius 2 is 1.86 bits per heavy atom. The molecule has 3 N–H and O–H groups in total. The maximum atomic E-state index is 12.3. The highest BCUT2D eigenvalue weighted by molar-refractivity contribution is 7.98. The van der Waals surface area contributed by atoms with Gasteiger partial charge in [0.2, 0.25) is 0 Å². The molecule has 3 nitrogen and oxygen atoms in total. The van der Waals surface area contributed by atoms with Crippen molar-refractivity contribution in [2.45, 2.75) is 11.8 Å². The van der Waals surface area contributed by atoms with Gasteiger partial charge in [0.25, 0.3) is 5.91 Å². The van der Waals surface area contributed by atoms with Crippen molar-refractivity contribution in [3.63, 3.8) is 0 Å². The number of rotatable bonds is 4. The lowest BCUT2D eigenvalue weighted by Gasteiger charge is -2.12. The van der Waals surface area contributed by atoms with Crippen LogP contribution in [0.5, 0.6) is 0 Å². The Morgan fingerprint density at radius 1 is 1.19 bits per heavy atom. The van der Waals surface area contributed by atoms with Crippen LogP contribution in [-0.4, -0.2) is 17.2 Å². The van der Waals surface area contributed by atoms with Crippen LogP contribution in [0.3, 0.4) is 0 Å². The predicted molar refractivity (Wildman–Crippen MR) is 93.2 cm³/mol. The Morgan fingerprint density at radius 3 is 2.43 bits per heavy atom. The van der Waals surface area contributed by atoms with E-state index in [1.165, 1.54) is 0 Å². The van der Waals surface area contributed by atoms with Crippen molar-refractivity contribution in [3.05, 3.63) is 59.2 Å². The van der Waals surface area contributed by atoms with Crippen LogP contribution in [0.2, 0.25) is 0 Å². The third-order valence-corrected chi connectivity index (χ3v) is 4.07. The molecule has 0 saturated heterocycles. The van der Waals surface area contributed by atoms with Crippen LogP contribution in [0, 0.1) is 6.92 Å². The minimum Gasteiger partial charge on any atom is -0.389 e. The molecule has 0 spiro atoms. The summed E-state index contributed by atoms with van der Waals surface area (Å²) < 4.78 is 0. The molecule has 2 rings (SSSR count). The molecule has 108 valence electrons. The van der Waals surface area contributed by atoms with Crippen LogP contribution in [0.1, 0.15) is 21.5 Å². The molecule has 0 aliphatic heterocycles. The largest absolute Gasteiger partial charge is 0.389 e. The van der Waals surface area contributed by atoms with Gasteiger partial charge in [0.1, 0.15) is 4.99 Å². The van der Waals surface area contributed by atoms with E-state index in [1.807, 2.05) is 37.4 Å². The van der Waals surface area contributed by atoms with Crippen LogP contribution in [0.15, 0.2) is 47.4 Å². The van der Waals surface area contributed by atoms with Gasteiger partial charge in [-0.3, -0.25) is 4.79 Å². The lowest BCUT2D eigenvalue weighted by molar-refractivity contribution is 0.102. The van der Waals surface area contributed by atoms with E-state index in [-0.39, 0.29) is 10.9 Å². The standard InChI is InChI=1S/C16H16N2OS2/c1-10-4-3-5-13(14(10)15(17)20)18-16(19)11-6-8-12(21-2)9-7-11/h3-9H,1-2H3,(H2,17,20)(H,18,19). The van der Waals surface area contributed by atoms with Gasteiger partial charge < -0.3 is 11.1 Å². The monoisotopic (exact) mass is 316 g/mol. The highest BCUT2D eigenvalue weighted by Gasteiger charge is 2.12. The second-order valence-corrected chi connectivity index (χ2v) is 5.86. The summed E-state index contributed by atoms with van der Waals surface area (Å²) in [6.07, 6.45) is 2.00. The molecule has 0 fully saturated rings. The number of thiocarbonyl (C=S) groups is 1. The topological polar surface area (TPSA) is 55.1 Å². The van der Waals surface area contributed by atoms with Crippen LogP contribution >= 0.6 is 24.0 Å². The van der Waals surface area contributed by atoms with Gasteiger partial charge in [-0.1, -0.05) is 24.4 Å². The van der Waals surface area contributed by atoms with E-state index in [2.05, 4.69) is 5.32 Å². The second kappa shape index (κ2) is 6.74. The molecule has 0 aliphatic carbocycles. The fraction of sp³-hybridized carbons (Fsp3) is 0.125. The number of amides is 1. The molecule has 0 aromatic heterocycles. The normalized spacial score (nSPS) is 10.2. The zero-order chi connectivity index (χ0) is 15.4. The second-order valence-electron chi connectivity index (χ2n) is 4.54. The van der Waals surface area contributed by atoms with Crippen molar-refractivity contribution in [2.24, 2.45) is 5.73 Å². The quantitative estimate of drug-likeness (QED) is 0.668. The Labute approximate surface area is 133 Å². The number of carbonyl (C=O) groups is 1. The first-order valence-corrected chi connectivity index (χ1v) is 8.01. The van der Waals surface area contributed by atoms with Crippen LogP contribution in [0.4, 0.5) is 5.69 Å². The summed E-state index contributed by atoms with van der Waals surface area (Å²) in [6, 6.07) is 13.0. The van der Waals surface area contributed by atoms with Gasteiger partial charge in [-0.25, -0.2) is 0 Å². The molecule has 2 aromatic rings. The summed E-state index contributed by atoms with van der Waals surface area (Å²) in [6.45, 7) is 1.91. The fourth-order valence-corrected chi connectivity index (χ4v) is 2.72. The average molecular weight is 316 g/mol. The third-order valence-electron chi connectivity index (χ3n) is 3.12. The van der Waals surface area contributed by atoms with E-state index < -0.39 is 0 Å². The Bertz CT molecular complexity index is 681. The molecule has 0 aliphatic rings. The number of nitrogens with two attached hydrogens (primary N) is 1. The number of hydrogen-bond donors (Lipinski definition) is 2.